The van der Waals surface area contributed by atoms with E-state index in [1.807, 2.05) is 0 Å². The molecule has 1 rings (SSSR count). The van der Waals surface area contributed by atoms with Crippen molar-refractivity contribution in [3.63, 3.8) is 0 Å². The second-order valence-electron chi connectivity index (χ2n) is 8.25. The van der Waals surface area contributed by atoms with Crippen LogP contribution in [-0.4, -0.2) is 60.0 Å². The molecule has 0 saturated carbocycles. The maximum absolute atomic E-state index is 12.9. The minimum Gasteiger partial charge on any atom is -0.466 e. The first kappa shape index (κ1) is 21.9. The molecule has 0 unspecified atom stereocenters. The van der Waals surface area contributed by atoms with Crippen molar-refractivity contribution in [2.24, 2.45) is 0 Å². The average Bonchev–Trinajstić information content (AvgIpc) is 2.84. The second kappa shape index (κ2) is 7.22. The number of aromatic nitrogens is 1. The summed E-state index contributed by atoms with van der Waals surface area (Å²) in [6, 6.07) is 0. The van der Waals surface area contributed by atoms with Gasteiger partial charge in [0.25, 0.3) is 0 Å². The van der Waals surface area contributed by atoms with E-state index in [4.69, 9.17) is 4.74 Å². The first-order valence-electron chi connectivity index (χ1n) is 8.09. The average molecular weight is 403 g/mol. The van der Waals surface area contributed by atoms with E-state index in [1.165, 1.54) is 35.6 Å². The van der Waals surface area contributed by atoms with Crippen LogP contribution in [-0.2, 0) is 19.7 Å². The molecule has 0 N–H and O–H groups in total. The van der Waals surface area contributed by atoms with Gasteiger partial charge in [0.2, 0.25) is 0 Å². The lowest BCUT2D eigenvalue weighted by Crippen LogP contribution is -2.49. The highest BCUT2D eigenvalue weighted by atomic mass is 32.2. The Morgan fingerprint density at radius 3 is 2.00 bits per heavy atom. The summed E-state index contributed by atoms with van der Waals surface area (Å²) in [5, 5.41) is 1.83. The molecule has 9 heteroatoms. The summed E-state index contributed by atoms with van der Waals surface area (Å²) >= 11 is 0. The molecule has 0 spiro atoms. The summed E-state index contributed by atoms with van der Waals surface area (Å²) in [4.78, 5) is 11.6. The Kier molecular flexibility index (Phi) is 6.32. The lowest BCUT2D eigenvalue weighted by molar-refractivity contribution is -0.134. The van der Waals surface area contributed by atoms with Crippen molar-refractivity contribution in [1.29, 1.82) is 0 Å². The fourth-order valence-electron chi connectivity index (χ4n) is 2.58. The summed E-state index contributed by atoms with van der Waals surface area (Å²) in [6.45, 7) is 12.8. The molecule has 142 valence electrons. The predicted molar refractivity (Wildman–Crippen MR) is 109 cm³/mol. The van der Waals surface area contributed by atoms with Crippen molar-refractivity contribution in [2.45, 2.75) is 39.3 Å². The van der Waals surface area contributed by atoms with Crippen LogP contribution in [0.2, 0.25) is 39.3 Å². The van der Waals surface area contributed by atoms with Crippen LogP contribution in [0, 0.1) is 0 Å². The smallest absolute Gasteiger partial charge is 0.330 e. The number of ether oxygens (including phenoxy) is 1. The second-order valence-corrected chi connectivity index (χ2v) is 20.3. The van der Waals surface area contributed by atoms with Crippen LogP contribution in [0.15, 0.2) is 12.3 Å². The number of esters is 1. The summed E-state index contributed by atoms with van der Waals surface area (Å²) in [5.74, 6) is -0.453. The Morgan fingerprint density at radius 2 is 1.64 bits per heavy atom. The zero-order valence-corrected chi connectivity index (χ0v) is 19.5. The molecule has 1 aromatic heterocycles. The van der Waals surface area contributed by atoms with Gasteiger partial charge in [-0.15, -0.1) is 0 Å². The first-order chi connectivity index (χ1) is 11.1. The van der Waals surface area contributed by atoms with Gasteiger partial charge in [0.1, 0.15) is 8.07 Å². The van der Waals surface area contributed by atoms with E-state index in [2.05, 4.69) is 39.3 Å². The number of carbonyl (C=O) groups excluding carboxylic acids is 1. The number of hydrogen-bond acceptors (Lipinski definition) is 4. The van der Waals surface area contributed by atoms with Gasteiger partial charge in [-0.05, 0) is 16.8 Å². The van der Waals surface area contributed by atoms with E-state index >= 15 is 0 Å². The van der Waals surface area contributed by atoms with Gasteiger partial charge in [0.15, 0.2) is 0 Å². The van der Waals surface area contributed by atoms with E-state index in [1.54, 1.807) is 12.3 Å². The Morgan fingerprint density at radius 1 is 1.12 bits per heavy atom. The van der Waals surface area contributed by atoms with Crippen LogP contribution in [0.1, 0.15) is 5.56 Å². The quantitative estimate of drug-likeness (QED) is 0.410. The highest BCUT2D eigenvalue weighted by Crippen LogP contribution is 2.17. The molecule has 1 aromatic rings. The summed E-state index contributed by atoms with van der Waals surface area (Å²) in [7, 11) is -3.15. The van der Waals surface area contributed by atoms with Gasteiger partial charge >= 0.3 is 16.2 Å². The highest BCUT2D eigenvalue weighted by molar-refractivity contribution is 7.87. The van der Waals surface area contributed by atoms with Gasteiger partial charge in [-0.3, -0.25) is 0 Å². The van der Waals surface area contributed by atoms with Crippen molar-refractivity contribution in [3.8, 4) is 0 Å². The molecule has 0 aliphatic rings. The van der Waals surface area contributed by atoms with E-state index in [0.717, 1.165) is 16.1 Å². The molecule has 0 bridgehead atoms. The first-order valence-corrected chi connectivity index (χ1v) is 16.5. The lowest BCUT2D eigenvalue weighted by Gasteiger charge is -2.23. The molecule has 0 fully saturated rings. The number of hydrogen-bond donors (Lipinski definition) is 0. The zero-order valence-electron chi connectivity index (χ0n) is 16.7. The third-order valence-corrected chi connectivity index (χ3v) is 9.64. The molecule has 6 nitrogen and oxygen atoms in total. The molecule has 0 atom stereocenters. The Hall–Kier alpha value is -1.17. The molecule has 0 radical (unpaired) electrons. The normalized spacial score (nSPS) is 13.7. The topological polar surface area (TPSA) is 68.6 Å². The fourth-order valence-corrected chi connectivity index (χ4v) is 8.16. The van der Waals surface area contributed by atoms with Gasteiger partial charge in [-0.25, -0.2) is 8.77 Å². The molecule has 1 heterocycles. The van der Waals surface area contributed by atoms with E-state index in [9.17, 15) is 13.2 Å². The van der Waals surface area contributed by atoms with Crippen molar-refractivity contribution < 1.29 is 17.9 Å². The van der Waals surface area contributed by atoms with Crippen molar-refractivity contribution >= 4 is 48.9 Å². The number of rotatable bonds is 6. The van der Waals surface area contributed by atoms with Crippen LogP contribution < -0.4 is 10.5 Å². The largest absolute Gasteiger partial charge is 0.466 e. The molecule has 0 aliphatic carbocycles. The van der Waals surface area contributed by atoms with Crippen molar-refractivity contribution in [2.75, 3.05) is 21.2 Å². The zero-order chi connectivity index (χ0) is 19.8. The SMILES string of the molecule is COC(=O)/C=C/c1c([Si](C)(C)C)cn(S(=O)(=O)N(C)C)c1[Si](C)(C)C. The van der Waals surface area contributed by atoms with Crippen molar-refractivity contribution in [1.82, 2.24) is 8.28 Å². The predicted octanol–water partition coefficient (Wildman–Crippen LogP) is 1.42. The third kappa shape index (κ3) is 4.72. The third-order valence-electron chi connectivity index (χ3n) is 3.83. The van der Waals surface area contributed by atoms with Crippen LogP contribution >= 0.6 is 0 Å². The maximum atomic E-state index is 12.9. The van der Waals surface area contributed by atoms with E-state index < -0.39 is 32.3 Å². The molecule has 0 saturated heterocycles. The Balaban J connectivity index is 3.93. The fraction of sp³-hybridized carbons (Fsp3) is 0.562. The van der Waals surface area contributed by atoms with Crippen molar-refractivity contribution in [3.05, 3.63) is 17.8 Å². The molecule has 0 aliphatic heterocycles. The maximum Gasteiger partial charge on any atom is 0.330 e. The summed E-state index contributed by atoms with van der Waals surface area (Å²) < 4.78 is 33.1. The lowest BCUT2D eigenvalue weighted by atomic mass is 10.3. The number of carbonyl (C=O) groups is 1. The highest BCUT2D eigenvalue weighted by Gasteiger charge is 2.35. The molecule has 0 aromatic carbocycles. The molecule has 0 amide bonds. The van der Waals surface area contributed by atoms with Gasteiger partial charge in [-0.1, -0.05) is 39.3 Å². The van der Waals surface area contributed by atoms with Crippen LogP contribution in [0.5, 0.6) is 0 Å². The van der Waals surface area contributed by atoms with Crippen LogP contribution in [0.25, 0.3) is 6.08 Å². The van der Waals surface area contributed by atoms with E-state index in [0.29, 0.717) is 0 Å². The van der Waals surface area contributed by atoms with Gasteiger partial charge in [-0.2, -0.15) is 12.7 Å². The molecular weight excluding hydrogens is 372 g/mol. The van der Waals surface area contributed by atoms with Crippen LogP contribution in [0.3, 0.4) is 0 Å². The Labute approximate surface area is 153 Å². The monoisotopic (exact) mass is 402 g/mol. The standard InChI is InChI=1S/C16H30N2O4SSi2/c1-17(2)23(20,21)18-12-14(24(4,5)6)13(10-11-15(19)22-3)16(18)25(7,8)9/h10-12H,1-9H3/b11-10+. The summed E-state index contributed by atoms with van der Waals surface area (Å²) in [5.41, 5.74) is 0.856. The summed E-state index contributed by atoms with van der Waals surface area (Å²) in [6.07, 6.45) is 4.84. The number of nitrogens with zero attached hydrogens (tertiary/aromatic N) is 2. The Bertz CT molecular complexity index is 782. The van der Waals surface area contributed by atoms with Crippen LogP contribution in [0.4, 0.5) is 0 Å². The van der Waals surface area contributed by atoms with Gasteiger partial charge in [0, 0.05) is 31.7 Å². The van der Waals surface area contributed by atoms with E-state index in [-0.39, 0.29) is 0 Å². The van der Waals surface area contributed by atoms with Gasteiger partial charge < -0.3 is 4.74 Å². The molecular formula is C16H30N2O4SSi2. The minimum atomic E-state index is -3.64. The number of methoxy groups -OCH3 is 1. The molecule has 25 heavy (non-hydrogen) atoms. The minimum absolute atomic E-state index is 0.453. The van der Waals surface area contributed by atoms with Gasteiger partial charge in [0.05, 0.1) is 15.2 Å².